The van der Waals surface area contributed by atoms with Crippen molar-refractivity contribution in [2.24, 2.45) is 0 Å². The Morgan fingerprint density at radius 1 is 1.10 bits per heavy atom. The van der Waals surface area contributed by atoms with Gasteiger partial charge in [-0.25, -0.2) is 17.2 Å². The van der Waals surface area contributed by atoms with Crippen LogP contribution in [0.1, 0.15) is 25.1 Å². The van der Waals surface area contributed by atoms with E-state index >= 15 is 0 Å². The summed E-state index contributed by atoms with van der Waals surface area (Å²) in [6.07, 6.45) is -5.57. The lowest BCUT2D eigenvalue weighted by Crippen LogP contribution is -2.24. The van der Waals surface area contributed by atoms with Crippen LogP contribution in [-0.4, -0.2) is 31.1 Å². The average molecular weight is 455 g/mol. The molecule has 3 rings (SSSR count). The average Bonchev–Trinajstić information content (AvgIpc) is 3.10. The second-order valence-corrected chi connectivity index (χ2v) is 8.48. The third-order valence-electron chi connectivity index (χ3n) is 4.54. The number of nitrogens with zero attached hydrogens (tertiary/aromatic N) is 1. The van der Waals surface area contributed by atoms with Gasteiger partial charge in [0.1, 0.15) is 0 Å². The number of rotatable bonds is 7. The number of hydrogen-bond acceptors (Lipinski definition) is 5. The van der Waals surface area contributed by atoms with Crippen LogP contribution in [-0.2, 0) is 37.1 Å². The summed E-state index contributed by atoms with van der Waals surface area (Å²) in [4.78, 5) is 11.8. The molecule has 1 unspecified atom stereocenters. The van der Waals surface area contributed by atoms with E-state index in [2.05, 4.69) is 0 Å². The first kappa shape index (κ1) is 22.8. The summed E-state index contributed by atoms with van der Waals surface area (Å²) in [5, 5.41) is 0.0803. The van der Waals surface area contributed by atoms with Crippen molar-refractivity contribution in [3.05, 3.63) is 65.9 Å². The maximum atomic E-state index is 13.3. The molecular formula is C21H20F3NO5S. The number of alkyl halides is 3. The number of hydrogen-bond donors (Lipinski definition) is 0. The molecule has 0 fully saturated rings. The van der Waals surface area contributed by atoms with Crippen molar-refractivity contribution >= 4 is 26.9 Å². The highest BCUT2D eigenvalue weighted by Gasteiger charge is 2.32. The van der Waals surface area contributed by atoms with E-state index in [1.165, 1.54) is 25.1 Å². The highest BCUT2D eigenvalue weighted by Crippen LogP contribution is 2.34. The predicted octanol–water partition coefficient (Wildman–Crippen LogP) is 4.37. The smallest absolute Gasteiger partial charge is 0.416 e. The number of ether oxygens (including phenoxy) is 2. The van der Waals surface area contributed by atoms with Crippen LogP contribution in [0.15, 0.2) is 59.5 Å². The topological polar surface area (TPSA) is 74.6 Å². The Hall–Kier alpha value is -2.85. The molecule has 10 heteroatoms. The Morgan fingerprint density at radius 3 is 2.39 bits per heavy atom. The lowest BCUT2D eigenvalue weighted by atomic mass is 10.1. The summed E-state index contributed by atoms with van der Waals surface area (Å²) < 4.78 is 77.2. The standard InChI is InChI=1S/C21H20F3NO5S/c1-3-29-20(26)14(2)30-13-17-12-15-11-16(21(22,23)24)9-10-19(15)25(17)31(27,28)18-7-5-4-6-8-18/h4-12,14H,3,13H2,1-2H3. The summed E-state index contributed by atoms with van der Waals surface area (Å²) in [6, 6.07) is 11.6. The van der Waals surface area contributed by atoms with Crippen molar-refractivity contribution in [2.75, 3.05) is 6.61 Å². The highest BCUT2D eigenvalue weighted by molar-refractivity contribution is 7.90. The Balaban J connectivity index is 2.11. The van der Waals surface area contributed by atoms with Crippen LogP contribution in [0.2, 0.25) is 0 Å². The van der Waals surface area contributed by atoms with E-state index in [9.17, 15) is 26.4 Å². The highest BCUT2D eigenvalue weighted by atomic mass is 32.2. The number of carbonyl (C=O) groups excluding carboxylic acids is 1. The number of benzene rings is 2. The summed E-state index contributed by atoms with van der Waals surface area (Å²) >= 11 is 0. The van der Waals surface area contributed by atoms with Gasteiger partial charge in [0, 0.05) is 5.39 Å². The van der Waals surface area contributed by atoms with E-state index in [1.54, 1.807) is 25.1 Å². The van der Waals surface area contributed by atoms with Crippen LogP contribution in [0.3, 0.4) is 0 Å². The molecular weight excluding hydrogens is 435 g/mol. The molecule has 0 bridgehead atoms. The molecule has 1 atom stereocenters. The maximum absolute atomic E-state index is 13.3. The van der Waals surface area contributed by atoms with Crippen molar-refractivity contribution in [3.63, 3.8) is 0 Å². The van der Waals surface area contributed by atoms with E-state index in [0.717, 1.165) is 22.2 Å². The van der Waals surface area contributed by atoms with Gasteiger partial charge in [-0.3, -0.25) is 0 Å². The van der Waals surface area contributed by atoms with Gasteiger partial charge in [-0.1, -0.05) is 18.2 Å². The van der Waals surface area contributed by atoms with Crippen molar-refractivity contribution in [1.29, 1.82) is 0 Å². The van der Waals surface area contributed by atoms with Gasteiger partial charge in [0.25, 0.3) is 10.0 Å². The molecule has 1 heterocycles. The van der Waals surface area contributed by atoms with E-state index in [-0.39, 0.29) is 34.7 Å². The second-order valence-electron chi connectivity index (χ2n) is 6.69. The normalized spacial score (nSPS) is 13.3. The van der Waals surface area contributed by atoms with Gasteiger partial charge in [0.15, 0.2) is 6.10 Å². The predicted molar refractivity (Wildman–Crippen MR) is 107 cm³/mol. The summed E-state index contributed by atoms with van der Waals surface area (Å²) in [6.45, 7) is 2.89. The van der Waals surface area contributed by atoms with Crippen molar-refractivity contribution in [3.8, 4) is 0 Å². The van der Waals surface area contributed by atoms with Gasteiger partial charge in [0.2, 0.25) is 0 Å². The van der Waals surface area contributed by atoms with Gasteiger partial charge in [-0.15, -0.1) is 0 Å². The van der Waals surface area contributed by atoms with E-state index in [0.29, 0.717) is 0 Å². The molecule has 166 valence electrons. The van der Waals surface area contributed by atoms with Gasteiger partial charge >= 0.3 is 12.1 Å². The number of carbonyl (C=O) groups is 1. The molecule has 0 aliphatic heterocycles. The van der Waals surface area contributed by atoms with Crippen LogP contribution < -0.4 is 0 Å². The number of aromatic nitrogens is 1. The lowest BCUT2D eigenvalue weighted by Gasteiger charge is -2.15. The minimum Gasteiger partial charge on any atom is -0.464 e. The summed E-state index contributed by atoms with van der Waals surface area (Å²) in [7, 11) is -4.14. The van der Waals surface area contributed by atoms with E-state index < -0.39 is 33.8 Å². The third-order valence-corrected chi connectivity index (χ3v) is 6.32. The van der Waals surface area contributed by atoms with Crippen LogP contribution in [0.25, 0.3) is 10.9 Å². The molecule has 0 spiro atoms. The molecule has 0 aliphatic rings. The molecule has 3 aromatic rings. The molecule has 0 amide bonds. The largest absolute Gasteiger partial charge is 0.464 e. The van der Waals surface area contributed by atoms with Gasteiger partial charge in [-0.05, 0) is 50.2 Å². The van der Waals surface area contributed by atoms with Crippen LogP contribution in [0, 0.1) is 0 Å². The zero-order valence-electron chi connectivity index (χ0n) is 16.7. The Kier molecular flexibility index (Phi) is 6.42. The Bertz CT molecular complexity index is 1190. The zero-order chi connectivity index (χ0) is 22.8. The Morgan fingerprint density at radius 2 is 1.77 bits per heavy atom. The lowest BCUT2D eigenvalue weighted by molar-refractivity contribution is -0.156. The third kappa shape index (κ3) is 4.75. The fourth-order valence-electron chi connectivity index (χ4n) is 3.04. The molecule has 0 saturated heterocycles. The molecule has 0 aliphatic carbocycles. The number of esters is 1. The monoisotopic (exact) mass is 455 g/mol. The molecule has 1 aromatic heterocycles. The fourth-order valence-corrected chi connectivity index (χ4v) is 4.60. The van der Waals surface area contributed by atoms with Gasteiger partial charge < -0.3 is 9.47 Å². The second kappa shape index (κ2) is 8.72. The van der Waals surface area contributed by atoms with Crippen LogP contribution >= 0.6 is 0 Å². The molecule has 0 N–H and O–H groups in total. The SMILES string of the molecule is CCOC(=O)C(C)OCc1cc2cc(C(F)(F)F)ccc2n1S(=O)(=O)c1ccccc1. The number of fused-ring (bicyclic) bond motifs is 1. The molecule has 31 heavy (non-hydrogen) atoms. The molecule has 6 nitrogen and oxygen atoms in total. The van der Waals surface area contributed by atoms with E-state index in [1.807, 2.05) is 0 Å². The van der Waals surface area contributed by atoms with Crippen molar-refractivity contribution in [2.45, 2.75) is 37.6 Å². The zero-order valence-corrected chi connectivity index (χ0v) is 17.5. The molecule has 0 saturated carbocycles. The van der Waals surface area contributed by atoms with Crippen LogP contribution in [0.5, 0.6) is 0 Å². The first-order valence-corrected chi connectivity index (χ1v) is 10.8. The van der Waals surface area contributed by atoms with Crippen molar-refractivity contribution < 1.29 is 35.9 Å². The fraction of sp³-hybridized carbons (Fsp3) is 0.286. The first-order chi connectivity index (χ1) is 14.6. The quantitative estimate of drug-likeness (QED) is 0.495. The van der Waals surface area contributed by atoms with Crippen LogP contribution in [0.4, 0.5) is 13.2 Å². The Labute approximate surface area is 177 Å². The van der Waals surface area contributed by atoms with E-state index in [4.69, 9.17) is 9.47 Å². The summed E-state index contributed by atoms with van der Waals surface area (Å²) in [5.41, 5.74) is -0.754. The molecule has 0 radical (unpaired) electrons. The minimum atomic E-state index is -4.58. The molecule has 2 aromatic carbocycles. The number of halogens is 3. The van der Waals surface area contributed by atoms with Gasteiger partial charge in [-0.2, -0.15) is 13.2 Å². The van der Waals surface area contributed by atoms with Crippen molar-refractivity contribution in [1.82, 2.24) is 3.97 Å². The maximum Gasteiger partial charge on any atom is 0.416 e. The summed E-state index contributed by atoms with van der Waals surface area (Å²) in [5.74, 6) is -0.629. The minimum absolute atomic E-state index is 0.0351. The first-order valence-electron chi connectivity index (χ1n) is 9.36. The van der Waals surface area contributed by atoms with Gasteiger partial charge in [0.05, 0.1) is 34.9 Å².